The first-order valence-electron chi connectivity index (χ1n) is 3.44. The molecule has 0 atom stereocenters. The second kappa shape index (κ2) is 2.41. The van der Waals surface area contributed by atoms with Gasteiger partial charge in [0.25, 0.3) is 0 Å². The summed E-state index contributed by atoms with van der Waals surface area (Å²) in [5.41, 5.74) is 5.15. The smallest absolute Gasteiger partial charge is 0.301 e. The van der Waals surface area contributed by atoms with E-state index in [-0.39, 0.29) is 17.1 Å². The van der Waals surface area contributed by atoms with Crippen LogP contribution in [0.15, 0.2) is 17.2 Å². The number of rotatable bonds is 0. The highest BCUT2D eigenvalue weighted by Crippen LogP contribution is 1.99. The highest BCUT2D eigenvalue weighted by molar-refractivity contribution is 5.68. The van der Waals surface area contributed by atoms with Gasteiger partial charge in [0.05, 0.1) is 0 Å². The molecule has 0 aromatic carbocycles. The lowest BCUT2D eigenvalue weighted by Gasteiger charge is -2.01. The van der Waals surface area contributed by atoms with E-state index in [0.717, 1.165) is 4.68 Å². The first-order chi connectivity index (χ1) is 6.20. The monoisotopic (exact) mass is 178 g/mol. The number of nitrogens with zero attached hydrogens (tertiary/aromatic N) is 4. The van der Waals surface area contributed by atoms with Crippen molar-refractivity contribution in [3.05, 3.63) is 22.7 Å². The summed E-state index contributed by atoms with van der Waals surface area (Å²) in [6.07, 6.45) is 2.82. The summed E-state index contributed by atoms with van der Waals surface area (Å²) in [6.45, 7) is 0. The van der Waals surface area contributed by atoms with Crippen LogP contribution in [0.25, 0.3) is 11.2 Å². The van der Waals surface area contributed by atoms with E-state index in [4.69, 9.17) is 11.6 Å². The molecule has 4 N–H and O–H groups in total. The molecule has 0 aliphatic carbocycles. The fourth-order valence-electron chi connectivity index (χ4n) is 0.944. The first kappa shape index (κ1) is 7.47. The predicted octanol–water partition coefficient (Wildman–Crippen LogP) is -1.52. The van der Waals surface area contributed by atoms with Gasteiger partial charge < -0.3 is 11.6 Å². The number of nitrogen functional groups attached to an aromatic ring is 2. The Labute approximate surface area is 72.0 Å². The Morgan fingerprint density at radius 1 is 1.31 bits per heavy atom. The summed E-state index contributed by atoms with van der Waals surface area (Å²) in [7, 11) is 0. The van der Waals surface area contributed by atoms with E-state index in [2.05, 4.69) is 15.0 Å². The van der Waals surface area contributed by atoms with Crippen LogP contribution in [0.4, 0.5) is 5.95 Å². The summed E-state index contributed by atoms with van der Waals surface area (Å²) in [4.78, 5) is 22.8. The SMILES string of the molecule is Nc1nc2nccnc2c(=O)n1N. The Kier molecular flexibility index (Phi) is 1.38. The van der Waals surface area contributed by atoms with Crippen molar-refractivity contribution in [1.82, 2.24) is 19.6 Å². The molecule has 2 rings (SSSR count). The van der Waals surface area contributed by atoms with Gasteiger partial charge in [-0.25, -0.2) is 9.97 Å². The Balaban J connectivity index is 3.03. The summed E-state index contributed by atoms with van der Waals surface area (Å²) >= 11 is 0. The van der Waals surface area contributed by atoms with Gasteiger partial charge in [-0.15, -0.1) is 0 Å². The van der Waals surface area contributed by atoms with Crippen molar-refractivity contribution < 1.29 is 0 Å². The molecule has 0 fully saturated rings. The second-order valence-electron chi connectivity index (χ2n) is 2.37. The summed E-state index contributed by atoms with van der Waals surface area (Å²) in [5, 5.41) is 0. The van der Waals surface area contributed by atoms with Gasteiger partial charge in [-0.05, 0) is 0 Å². The van der Waals surface area contributed by atoms with E-state index in [1.807, 2.05) is 0 Å². The molecule has 66 valence electrons. The van der Waals surface area contributed by atoms with Crippen LogP contribution in [0.5, 0.6) is 0 Å². The lowest BCUT2D eigenvalue weighted by atomic mass is 10.5. The van der Waals surface area contributed by atoms with Crippen LogP contribution >= 0.6 is 0 Å². The molecule has 0 aliphatic heterocycles. The molecule has 0 saturated heterocycles. The molecule has 2 aromatic rings. The fourth-order valence-corrected chi connectivity index (χ4v) is 0.944. The van der Waals surface area contributed by atoms with E-state index in [9.17, 15) is 4.79 Å². The van der Waals surface area contributed by atoms with Crippen molar-refractivity contribution in [2.75, 3.05) is 11.6 Å². The molecule has 0 saturated carbocycles. The third-order valence-electron chi connectivity index (χ3n) is 1.57. The first-order valence-corrected chi connectivity index (χ1v) is 3.44. The minimum Gasteiger partial charge on any atom is -0.368 e. The van der Waals surface area contributed by atoms with Crippen molar-refractivity contribution in [3.63, 3.8) is 0 Å². The Morgan fingerprint density at radius 2 is 2.00 bits per heavy atom. The molecule has 2 heterocycles. The quantitative estimate of drug-likeness (QED) is 0.474. The number of anilines is 1. The van der Waals surface area contributed by atoms with Crippen molar-refractivity contribution in [1.29, 1.82) is 0 Å². The molecule has 0 spiro atoms. The average molecular weight is 178 g/mol. The van der Waals surface area contributed by atoms with Crippen LogP contribution in [0.3, 0.4) is 0 Å². The highest BCUT2D eigenvalue weighted by atomic mass is 16.1. The molecule has 0 bridgehead atoms. The zero-order valence-electron chi connectivity index (χ0n) is 6.51. The predicted molar refractivity (Wildman–Crippen MR) is 46.2 cm³/mol. The summed E-state index contributed by atoms with van der Waals surface area (Å²) in [5.74, 6) is 5.21. The van der Waals surface area contributed by atoms with Gasteiger partial charge in [-0.3, -0.25) is 4.79 Å². The van der Waals surface area contributed by atoms with Crippen molar-refractivity contribution in [2.24, 2.45) is 0 Å². The number of hydrogen-bond acceptors (Lipinski definition) is 6. The van der Waals surface area contributed by atoms with Gasteiger partial charge >= 0.3 is 5.56 Å². The molecule has 7 heteroatoms. The molecule has 0 amide bonds. The molecule has 7 nitrogen and oxygen atoms in total. The lowest BCUT2D eigenvalue weighted by molar-refractivity contribution is 0.920. The van der Waals surface area contributed by atoms with Crippen LogP contribution in [-0.2, 0) is 0 Å². The van der Waals surface area contributed by atoms with Crippen molar-refractivity contribution in [3.8, 4) is 0 Å². The van der Waals surface area contributed by atoms with Crippen LogP contribution < -0.4 is 17.1 Å². The largest absolute Gasteiger partial charge is 0.368 e. The molecular formula is C6H6N6O. The number of fused-ring (bicyclic) bond motifs is 1. The minimum absolute atomic E-state index is 0.0852. The fraction of sp³-hybridized carbons (Fsp3) is 0. The maximum absolute atomic E-state index is 11.4. The average Bonchev–Trinajstić information content (AvgIpc) is 2.15. The van der Waals surface area contributed by atoms with Crippen LogP contribution in [0.1, 0.15) is 0 Å². The molecule has 13 heavy (non-hydrogen) atoms. The van der Waals surface area contributed by atoms with Crippen LogP contribution in [-0.4, -0.2) is 19.6 Å². The zero-order chi connectivity index (χ0) is 9.42. The van der Waals surface area contributed by atoms with Crippen LogP contribution in [0, 0.1) is 0 Å². The summed E-state index contributed by atoms with van der Waals surface area (Å²) < 4.78 is 0.733. The third kappa shape index (κ3) is 0.975. The maximum atomic E-state index is 11.4. The Hall–Kier alpha value is -2.18. The molecule has 2 aromatic heterocycles. The maximum Gasteiger partial charge on any atom is 0.301 e. The van der Waals surface area contributed by atoms with Gasteiger partial charge in [0.2, 0.25) is 5.95 Å². The molecular weight excluding hydrogens is 172 g/mol. The second-order valence-corrected chi connectivity index (χ2v) is 2.37. The summed E-state index contributed by atoms with van der Waals surface area (Å²) in [6, 6.07) is 0. The molecule has 0 unspecified atom stereocenters. The Morgan fingerprint density at radius 3 is 2.77 bits per heavy atom. The Bertz CT molecular complexity index is 518. The topological polar surface area (TPSA) is 113 Å². The molecule has 0 aliphatic rings. The van der Waals surface area contributed by atoms with E-state index in [0.29, 0.717) is 0 Å². The van der Waals surface area contributed by atoms with Crippen LogP contribution in [0.2, 0.25) is 0 Å². The number of aromatic nitrogens is 4. The van der Waals surface area contributed by atoms with Gasteiger partial charge in [0.15, 0.2) is 11.2 Å². The zero-order valence-corrected chi connectivity index (χ0v) is 6.51. The van der Waals surface area contributed by atoms with Gasteiger partial charge in [0, 0.05) is 12.4 Å². The van der Waals surface area contributed by atoms with Gasteiger partial charge in [-0.2, -0.15) is 9.66 Å². The normalized spacial score (nSPS) is 10.5. The van der Waals surface area contributed by atoms with E-state index >= 15 is 0 Å². The van der Waals surface area contributed by atoms with Crippen molar-refractivity contribution in [2.45, 2.75) is 0 Å². The van der Waals surface area contributed by atoms with E-state index in [1.165, 1.54) is 12.4 Å². The van der Waals surface area contributed by atoms with Crippen molar-refractivity contribution >= 4 is 17.1 Å². The standard InChI is InChI=1S/C6H6N6O/c7-6-11-4-3(5(13)12(6)8)9-1-2-10-4/h1-2H,8H2,(H2,7,10,11). The van der Waals surface area contributed by atoms with Gasteiger partial charge in [0.1, 0.15) is 0 Å². The van der Waals surface area contributed by atoms with E-state index < -0.39 is 5.56 Å². The number of hydrogen-bond donors (Lipinski definition) is 2. The lowest BCUT2D eigenvalue weighted by Crippen LogP contribution is -2.31. The third-order valence-corrected chi connectivity index (χ3v) is 1.57. The minimum atomic E-state index is -0.504. The van der Waals surface area contributed by atoms with Gasteiger partial charge in [-0.1, -0.05) is 0 Å². The highest BCUT2D eigenvalue weighted by Gasteiger charge is 2.06. The van der Waals surface area contributed by atoms with E-state index in [1.54, 1.807) is 0 Å². The number of nitrogens with two attached hydrogens (primary N) is 2. The molecule has 0 radical (unpaired) electrons.